The first-order chi connectivity index (χ1) is 13.6. The molecule has 0 unspecified atom stereocenters. The van der Waals surface area contributed by atoms with Crippen LogP contribution in [0.25, 0.3) is 0 Å². The van der Waals surface area contributed by atoms with Gasteiger partial charge in [0.2, 0.25) is 17.3 Å². The van der Waals surface area contributed by atoms with E-state index < -0.39 is 52.4 Å². The molecule has 2 aliphatic rings. The van der Waals surface area contributed by atoms with Gasteiger partial charge in [0.15, 0.2) is 29.3 Å². The van der Waals surface area contributed by atoms with Crippen molar-refractivity contribution in [2.45, 2.75) is 32.5 Å². The average Bonchev–Trinajstić information content (AvgIpc) is 3.04. The number of phenolic OH excluding ortho intramolecular Hbond substituents is 6. The zero-order chi connectivity index (χ0) is 21.4. The van der Waals surface area contributed by atoms with E-state index in [0.29, 0.717) is 0 Å². The normalized spacial score (nSPS) is 22.7. The summed E-state index contributed by atoms with van der Waals surface area (Å²) in [6.07, 6.45) is -1.25. The summed E-state index contributed by atoms with van der Waals surface area (Å²) >= 11 is 0. The number of ether oxygens (including phenoxy) is 3. The number of rotatable bonds is 1. The summed E-state index contributed by atoms with van der Waals surface area (Å²) < 4.78 is 16.6. The van der Waals surface area contributed by atoms with Gasteiger partial charge in [0.05, 0.1) is 17.7 Å². The molecule has 0 bridgehead atoms. The van der Waals surface area contributed by atoms with Gasteiger partial charge in [-0.2, -0.15) is 0 Å². The van der Waals surface area contributed by atoms with Crippen molar-refractivity contribution >= 4 is 5.78 Å². The molecule has 0 aromatic heterocycles. The Morgan fingerprint density at radius 3 is 2.10 bits per heavy atom. The summed E-state index contributed by atoms with van der Waals surface area (Å²) in [5, 5.41) is 60.9. The van der Waals surface area contributed by atoms with Gasteiger partial charge in [0.25, 0.3) is 5.79 Å². The van der Waals surface area contributed by atoms with Crippen LogP contribution in [0.5, 0.6) is 34.5 Å². The first-order valence-corrected chi connectivity index (χ1v) is 8.51. The number of carbonyl (C=O) groups is 1. The fraction of sp³-hybridized carbons (Fsp3) is 0.316. The van der Waals surface area contributed by atoms with Crippen molar-refractivity contribution in [3.63, 3.8) is 0 Å². The smallest absolute Gasteiger partial charge is 0.268 e. The number of carbonyl (C=O) groups excluding carboxylic acids is 1. The van der Waals surface area contributed by atoms with E-state index in [4.69, 9.17) is 14.2 Å². The third-order valence-electron chi connectivity index (χ3n) is 5.51. The van der Waals surface area contributed by atoms with Crippen molar-refractivity contribution in [2.75, 3.05) is 7.11 Å². The molecule has 2 atom stereocenters. The minimum Gasteiger partial charge on any atom is -0.504 e. The Morgan fingerprint density at radius 1 is 0.897 bits per heavy atom. The fourth-order valence-electron chi connectivity index (χ4n) is 3.90. The van der Waals surface area contributed by atoms with E-state index in [0.717, 1.165) is 0 Å². The quantitative estimate of drug-likeness (QED) is 0.384. The van der Waals surface area contributed by atoms with Gasteiger partial charge in [-0.25, -0.2) is 0 Å². The molecule has 0 aliphatic carbocycles. The predicted octanol–water partition coefficient (Wildman–Crippen LogP) is 1.78. The van der Waals surface area contributed by atoms with Crippen LogP contribution in [0.4, 0.5) is 0 Å². The van der Waals surface area contributed by atoms with E-state index in [9.17, 15) is 35.4 Å². The lowest BCUT2D eigenvalue weighted by Gasteiger charge is -2.34. The number of aromatic hydroxyl groups is 6. The number of benzene rings is 2. The van der Waals surface area contributed by atoms with E-state index >= 15 is 0 Å². The van der Waals surface area contributed by atoms with Gasteiger partial charge in [-0.05, 0) is 19.4 Å². The third kappa shape index (κ3) is 2.13. The second-order valence-corrected chi connectivity index (χ2v) is 6.90. The molecule has 6 N–H and O–H groups in total. The summed E-state index contributed by atoms with van der Waals surface area (Å²) in [6, 6.07) is 0. The van der Waals surface area contributed by atoms with Crippen LogP contribution in [0.1, 0.15) is 44.5 Å². The van der Waals surface area contributed by atoms with Crippen molar-refractivity contribution in [3.8, 4) is 34.5 Å². The highest BCUT2D eigenvalue weighted by Gasteiger charge is 2.59. The molecular formula is C19H18O10. The molecule has 2 aliphatic heterocycles. The van der Waals surface area contributed by atoms with Crippen molar-refractivity contribution < 1.29 is 49.6 Å². The van der Waals surface area contributed by atoms with E-state index in [1.54, 1.807) is 0 Å². The van der Waals surface area contributed by atoms with Crippen LogP contribution in [0.2, 0.25) is 0 Å². The lowest BCUT2D eigenvalue weighted by molar-refractivity contribution is -0.277. The maximum absolute atomic E-state index is 13.4. The number of phenols is 6. The minimum atomic E-state index is -2.32. The number of Topliss-reactive ketones (excluding diaryl/α,β-unsaturated/α-hetero) is 1. The highest BCUT2D eigenvalue weighted by atomic mass is 16.8. The molecule has 2 aromatic carbocycles. The van der Waals surface area contributed by atoms with Gasteiger partial charge in [-0.15, -0.1) is 0 Å². The molecule has 29 heavy (non-hydrogen) atoms. The second-order valence-electron chi connectivity index (χ2n) is 6.90. The average molecular weight is 406 g/mol. The number of ketones is 1. The Labute approximate surface area is 163 Å². The summed E-state index contributed by atoms with van der Waals surface area (Å²) in [5.74, 6) is -8.02. The van der Waals surface area contributed by atoms with Crippen molar-refractivity contribution in [1.82, 2.24) is 0 Å². The highest BCUT2D eigenvalue weighted by Crippen LogP contribution is 2.59. The van der Waals surface area contributed by atoms with Crippen LogP contribution in [-0.2, 0) is 26.6 Å². The first kappa shape index (κ1) is 19.1. The topological polar surface area (TPSA) is 166 Å². The van der Waals surface area contributed by atoms with Gasteiger partial charge in [-0.1, -0.05) is 0 Å². The molecule has 0 fully saturated rings. The maximum Gasteiger partial charge on any atom is 0.268 e. The lowest BCUT2D eigenvalue weighted by atomic mass is 9.85. The SMILES string of the molecule is CO[C@@H]1O[C@]2(OCc3c(C)c(O)c(O)c(O)c3C2=O)c2c(O)c(O)c(O)c(C)c21. The van der Waals surface area contributed by atoms with E-state index in [1.165, 1.54) is 21.0 Å². The predicted molar refractivity (Wildman–Crippen MR) is 94.0 cm³/mol. The van der Waals surface area contributed by atoms with E-state index in [2.05, 4.69) is 0 Å². The van der Waals surface area contributed by atoms with Gasteiger partial charge in [-0.3, -0.25) is 4.79 Å². The Balaban J connectivity index is 2.04. The number of fused-ring (bicyclic) bond motifs is 3. The maximum atomic E-state index is 13.4. The fourth-order valence-corrected chi connectivity index (χ4v) is 3.90. The first-order valence-electron chi connectivity index (χ1n) is 8.51. The molecule has 0 saturated heterocycles. The van der Waals surface area contributed by atoms with E-state index in [-0.39, 0.29) is 40.0 Å². The van der Waals surface area contributed by atoms with Gasteiger partial charge < -0.3 is 44.8 Å². The molecule has 2 aromatic rings. The van der Waals surface area contributed by atoms with E-state index in [1.807, 2.05) is 0 Å². The van der Waals surface area contributed by atoms with Crippen LogP contribution in [0.3, 0.4) is 0 Å². The second kappa shape index (κ2) is 5.89. The van der Waals surface area contributed by atoms with Gasteiger partial charge in [0, 0.05) is 23.8 Å². The molecule has 10 nitrogen and oxygen atoms in total. The van der Waals surface area contributed by atoms with Crippen LogP contribution < -0.4 is 0 Å². The largest absolute Gasteiger partial charge is 0.504 e. The summed E-state index contributed by atoms with van der Waals surface area (Å²) in [5.41, 5.74) is -0.229. The molecule has 0 radical (unpaired) electrons. The number of hydrogen-bond donors (Lipinski definition) is 6. The molecule has 1 spiro atoms. The zero-order valence-electron chi connectivity index (χ0n) is 15.6. The molecule has 4 rings (SSSR count). The molecule has 2 heterocycles. The Kier molecular flexibility index (Phi) is 3.89. The van der Waals surface area contributed by atoms with Crippen LogP contribution >= 0.6 is 0 Å². The Hall–Kier alpha value is -3.21. The molecule has 154 valence electrons. The summed E-state index contributed by atoms with van der Waals surface area (Å²) in [4.78, 5) is 13.4. The van der Waals surface area contributed by atoms with Gasteiger partial charge in [0.1, 0.15) is 0 Å². The van der Waals surface area contributed by atoms with Crippen molar-refractivity contribution in [1.29, 1.82) is 0 Å². The van der Waals surface area contributed by atoms with Gasteiger partial charge >= 0.3 is 0 Å². The van der Waals surface area contributed by atoms with Crippen molar-refractivity contribution in [2.24, 2.45) is 0 Å². The number of hydrogen-bond acceptors (Lipinski definition) is 10. The molecule has 10 heteroatoms. The number of methoxy groups -OCH3 is 1. The van der Waals surface area contributed by atoms with Crippen LogP contribution in [0.15, 0.2) is 0 Å². The van der Waals surface area contributed by atoms with Crippen molar-refractivity contribution in [3.05, 3.63) is 33.4 Å². The highest BCUT2D eigenvalue weighted by molar-refractivity contribution is 6.08. The Bertz CT molecular complexity index is 1090. The monoisotopic (exact) mass is 406 g/mol. The minimum absolute atomic E-state index is 0.0799. The lowest BCUT2D eigenvalue weighted by Crippen LogP contribution is -2.43. The molecular weight excluding hydrogens is 388 g/mol. The summed E-state index contributed by atoms with van der Waals surface area (Å²) in [7, 11) is 1.26. The third-order valence-corrected chi connectivity index (χ3v) is 5.51. The molecule has 0 saturated carbocycles. The van der Waals surface area contributed by atoms with Crippen LogP contribution in [-0.4, -0.2) is 43.5 Å². The molecule has 0 amide bonds. The zero-order valence-corrected chi connectivity index (χ0v) is 15.6. The standard InChI is InChI=1S/C19H18O10/c1-5-7-4-28-19(17(26)9(7)13(22)15(24)11(5)20)10-8(18(27-3)29-19)6(2)12(21)16(25)14(10)23/h18,20-25H,4H2,1-3H3/t18-,19-/m1/s1. The summed E-state index contributed by atoms with van der Waals surface area (Å²) in [6.45, 7) is 2.51. The Morgan fingerprint density at radius 2 is 1.48 bits per heavy atom. The van der Waals surface area contributed by atoms with Crippen LogP contribution in [0, 0.1) is 13.8 Å².